The summed E-state index contributed by atoms with van der Waals surface area (Å²) in [5.41, 5.74) is 1.45. The average Bonchev–Trinajstić information content (AvgIpc) is 2.73. The topological polar surface area (TPSA) is 110 Å². The molecule has 28 heavy (non-hydrogen) atoms. The molecule has 0 aliphatic carbocycles. The Morgan fingerprint density at radius 2 is 1.75 bits per heavy atom. The number of nitrogens with zero attached hydrogens (tertiary/aromatic N) is 7. The van der Waals surface area contributed by atoms with Gasteiger partial charge in [0.2, 0.25) is 5.95 Å². The lowest BCUT2D eigenvalue weighted by Crippen LogP contribution is -2.45. The van der Waals surface area contributed by atoms with Gasteiger partial charge in [0, 0.05) is 32.4 Å². The molecule has 0 atom stereocenters. The minimum Gasteiger partial charge on any atom is -0.341 e. The number of pyridine rings is 1. The van der Waals surface area contributed by atoms with Gasteiger partial charge < -0.3 is 9.47 Å². The second kappa shape index (κ2) is 6.88. The fraction of sp³-hybridized carbons (Fsp3) is 0.368. The fourth-order valence-corrected chi connectivity index (χ4v) is 3.64. The monoisotopic (exact) mass is 377 g/mol. The van der Waals surface area contributed by atoms with Crippen LogP contribution in [0, 0.1) is 18.3 Å². The molecule has 1 saturated heterocycles. The SMILES string of the molecule is Cc1cnc2c(c1)n(C)c(=O)c(=O)n2C1CCN(c2ncc(C#N)cn2)CC1. The zero-order valence-corrected chi connectivity index (χ0v) is 15.7. The Morgan fingerprint density at radius 1 is 1.07 bits per heavy atom. The molecule has 142 valence electrons. The van der Waals surface area contributed by atoms with E-state index < -0.39 is 11.1 Å². The van der Waals surface area contributed by atoms with Crippen molar-refractivity contribution in [3.63, 3.8) is 0 Å². The summed E-state index contributed by atoms with van der Waals surface area (Å²) in [6, 6.07) is 3.76. The molecule has 0 amide bonds. The summed E-state index contributed by atoms with van der Waals surface area (Å²) in [7, 11) is 1.60. The van der Waals surface area contributed by atoms with Gasteiger partial charge in [0.1, 0.15) is 6.07 Å². The minimum absolute atomic E-state index is 0.117. The molecule has 4 rings (SSSR count). The Hall–Kier alpha value is -3.54. The molecule has 0 unspecified atom stereocenters. The van der Waals surface area contributed by atoms with E-state index >= 15 is 0 Å². The first-order chi connectivity index (χ1) is 13.5. The van der Waals surface area contributed by atoms with Gasteiger partial charge in [-0.1, -0.05) is 0 Å². The molecule has 3 aromatic heterocycles. The van der Waals surface area contributed by atoms with Gasteiger partial charge in [-0.3, -0.25) is 14.2 Å². The van der Waals surface area contributed by atoms with E-state index in [9.17, 15) is 9.59 Å². The second-order valence-electron chi connectivity index (χ2n) is 7.00. The highest BCUT2D eigenvalue weighted by Crippen LogP contribution is 2.25. The van der Waals surface area contributed by atoms with E-state index in [4.69, 9.17) is 5.26 Å². The van der Waals surface area contributed by atoms with Crippen LogP contribution < -0.4 is 16.0 Å². The zero-order valence-electron chi connectivity index (χ0n) is 15.7. The molecule has 1 aliphatic heterocycles. The van der Waals surface area contributed by atoms with Crippen LogP contribution in [-0.2, 0) is 7.05 Å². The molecule has 4 heterocycles. The normalized spacial score (nSPS) is 15.0. The van der Waals surface area contributed by atoms with Crippen molar-refractivity contribution >= 4 is 17.1 Å². The van der Waals surface area contributed by atoms with E-state index in [-0.39, 0.29) is 6.04 Å². The Labute approximate surface area is 160 Å². The Morgan fingerprint density at radius 3 is 2.39 bits per heavy atom. The maximum Gasteiger partial charge on any atom is 0.318 e. The Balaban J connectivity index is 1.66. The molecule has 1 fully saturated rings. The largest absolute Gasteiger partial charge is 0.341 e. The molecule has 0 radical (unpaired) electrons. The van der Waals surface area contributed by atoms with E-state index in [1.165, 1.54) is 17.0 Å². The van der Waals surface area contributed by atoms with Gasteiger partial charge in [-0.2, -0.15) is 5.26 Å². The molecule has 9 nitrogen and oxygen atoms in total. The van der Waals surface area contributed by atoms with Crippen LogP contribution in [0.1, 0.15) is 30.0 Å². The van der Waals surface area contributed by atoms with Gasteiger partial charge in [-0.15, -0.1) is 0 Å². The van der Waals surface area contributed by atoms with Crippen LogP contribution in [0.25, 0.3) is 11.2 Å². The van der Waals surface area contributed by atoms with Crippen LogP contribution in [0.5, 0.6) is 0 Å². The lowest BCUT2D eigenvalue weighted by atomic mass is 10.0. The molecule has 0 N–H and O–H groups in total. The van der Waals surface area contributed by atoms with Crippen molar-refractivity contribution < 1.29 is 0 Å². The third kappa shape index (κ3) is 2.93. The Kier molecular flexibility index (Phi) is 4.39. The van der Waals surface area contributed by atoms with E-state index in [0.717, 1.165) is 5.56 Å². The summed E-state index contributed by atoms with van der Waals surface area (Å²) < 4.78 is 2.92. The van der Waals surface area contributed by atoms with Gasteiger partial charge in [0.15, 0.2) is 5.65 Å². The minimum atomic E-state index is -0.544. The molecule has 0 spiro atoms. The first kappa shape index (κ1) is 17.9. The van der Waals surface area contributed by atoms with Gasteiger partial charge in [0.05, 0.1) is 23.5 Å². The van der Waals surface area contributed by atoms with Crippen molar-refractivity contribution in [2.75, 3.05) is 18.0 Å². The maximum atomic E-state index is 12.7. The van der Waals surface area contributed by atoms with Crippen molar-refractivity contribution in [2.45, 2.75) is 25.8 Å². The number of hydrogen-bond acceptors (Lipinski definition) is 7. The van der Waals surface area contributed by atoms with Crippen molar-refractivity contribution in [3.05, 3.63) is 56.5 Å². The third-order valence-electron chi connectivity index (χ3n) is 5.16. The van der Waals surface area contributed by atoms with Crippen LogP contribution >= 0.6 is 0 Å². The number of piperidine rings is 1. The van der Waals surface area contributed by atoms with Crippen molar-refractivity contribution in [1.29, 1.82) is 5.26 Å². The quantitative estimate of drug-likeness (QED) is 0.610. The van der Waals surface area contributed by atoms with Crippen LogP contribution in [0.2, 0.25) is 0 Å². The van der Waals surface area contributed by atoms with Crippen LogP contribution in [0.4, 0.5) is 5.95 Å². The fourth-order valence-electron chi connectivity index (χ4n) is 3.64. The number of fused-ring (bicyclic) bond motifs is 1. The molecular weight excluding hydrogens is 358 g/mol. The molecule has 0 bridgehead atoms. The van der Waals surface area contributed by atoms with Crippen molar-refractivity contribution in [2.24, 2.45) is 7.05 Å². The van der Waals surface area contributed by atoms with Crippen LogP contribution in [0.3, 0.4) is 0 Å². The molecule has 0 aromatic carbocycles. The summed E-state index contributed by atoms with van der Waals surface area (Å²) in [5, 5.41) is 8.86. The Bertz CT molecular complexity index is 1200. The molecule has 9 heteroatoms. The predicted octanol–water partition coefficient (Wildman–Crippen LogP) is 0.907. The van der Waals surface area contributed by atoms with E-state index in [0.29, 0.717) is 48.6 Å². The van der Waals surface area contributed by atoms with Gasteiger partial charge in [-0.05, 0) is 31.4 Å². The van der Waals surface area contributed by atoms with E-state index in [1.54, 1.807) is 17.8 Å². The first-order valence-electron chi connectivity index (χ1n) is 9.04. The maximum absolute atomic E-state index is 12.7. The summed E-state index contributed by atoms with van der Waals surface area (Å²) in [6.45, 7) is 3.19. The van der Waals surface area contributed by atoms with E-state index in [2.05, 4.69) is 15.0 Å². The second-order valence-corrected chi connectivity index (χ2v) is 7.00. The smallest absolute Gasteiger partial charge is 0.318 e. The summed E-state index contributed by atoms with van der Waals surface area (Å²) in [5.74, 6) is 0.562. The molecule has 0 saturated carbocycles. The summed E-state index contributed by atoms with van der Waals surface area (Å²) in [6.07, 6.45) is 6.05. The number of hydrogen-bond donors (Lipinski definition) is 0. The number of nitriles is 1. The predicted molar refractivity (Wildman–Crippen MR) is 103 cm³/mol. The lowest BCUT2D eigenvalue weighted by Gasteiger charge is -2.33. The first-order valence-corrected chi connectivity index (χ1v) is 9.04. The number of anilines is 1. The number of aromatic nitrogens is 5. The molecule has 3 aromatic rings. The number of rotatable bonds is 2. The van der Waals surface area contributed by atoms with Crippen LogP contribution in [0.15, 0.2) is 34.2 Å². The third-order valence-corrected chi connectivity index (χ3v) is 5.16. The standard InChI is InChI=1S/C19H19N7O2/c1-12-7-15-16(21-9-12)26(18(28)17(27)24(15)2)14-3-5-25(6-4-14)19-22-10-13(8-20)11-23-19/h7,9-11,14H,3-6H2,1-2H3. The van der Waals surface area contributed by atoms with E-state index in [1.807, 2.05) is 24.0 Å². The van der Waals surface area contributed by atoms with Gasteiger partial charge in [-0.25, -0.2) is 15.0 Å². The highest BCUT2D eigenvalue weighted by atomic mass is 16.2. The summed E-state index contributed by atoms with van der Waals surface area (Å²) >= 11 is 0. The van der Waals surface area contributed by atoms with Gasteiger partial charge >= 0.3 is 11.1 Å². The lowest BCUT2D eigenvalue weighted by molar-refractivity contribution is 0.389. The molecular formula is C19H19N7O2. The van der Waals surface area contributed by atoms with Crippen molar-refractivity contribution in [1.82, 2.24) is 24.1 Å². The van der Waals surface area contributed by atoms with Gasteiger partial charge in [0.25, 0.3) is 0 Å². The summed E-state index contributed by atoms with van der Waals surface area (Å²) in [4.78, 5) is 40.1. The van der Waals surface area contributed by atoms with Crippen molar-refractivity contribution in [3.8, 4) is 6.07 Å². The highest BCUT2D eigenvalue weighted by Gasteiger charge is 2.26. The zero-order chi connectivity index (χ0) is 19.8. The van der Waals surface area contributed by atoms with Crippen LogP contribution in [-0.4, -0.2) is 37.2 Å². The highest BCUT2D eigenvalue weighted by molar-refractivity contribution is 5.71. The average molecular weight is 377 g/mol. The molecule has 1 aliphatic rings. The number of aryl methyl sites for hydroxylation is 2.